The van der Waals surface area contributed by atoms with Gasteiger partial charge in [0.2, 0.25) is 0 Å². The zero-order chi connectivity index (χ0) is 12.9. The number of ether oxygens (including phenoxy) is 2. The molecule has 4 heteroatoms. The molecule has 0 unspecified atom stereocenters. The second-order valence-electron chi connectivity index (χ2n) is 5.43. The van der Waals surface area contributed by atoms with Crippen molar-refractivity contribution in [1.82, 2.24) is 4.90 Å². The van der Waals surface area contributed by atoms with Crippen LogP contribution in [0.3, 0.4) is 0 Å². The number of hydrogen-bond acceptors (Lipinski definition) is 3. The monoisotopic (exact) mass is 241 g/mol. The number of rotatable bonds is 3. The molecule has 1 saturated heterocycles. The number of likely N-dealkylation sites (tertiary alicyclic amines) is 1. The fourth-order valence-corrected chi connectivity index (χ4v) is 1.90. The lowest BCUT2D eigenvalue weighted by Gasteiger charge is -2.33. The molecule has 1 heterocycles. The van der Waals surface area contributed by atoms with Gasteiger partial charge in [0, 0.05) is 19.0 Å². The summed E-state index contributed by atoms with van der Waals surface area (Å²) in [5, 5.41) is 0. The van der Waals surface area contributed by atoms with Gasteiger partial charge in [-0.1, -0.05) is 6.58 Å². The average molecular weight is 241 g/mol. The van der Waals surface area contributed by atoms with Crippen LogP contribution in [-0.4, -0.2) is 36.3 Å². The van der Waals surface area contributed by atoms with E-state index in [1.807, 2.05) is 20.8 Å². The van der Waals surface area contributed by atoms with Crippen LogP contribution in [0.1, 0.15) is 33.6 Å². The third-order valence-electron chi connectivity index (χ3n) is 2.62. The van der Waals surface area contributed by atoms with Gasteiger partial charge >= 0.3 is 6.09 Å². The molecule has 0 aliphatic carbocycles. The van der Waals surface area contributed by atoms with E-state index in [-0.39, 0.29) is 6.09 Å². The lowest BCUT2D eigenvalue weighted by atomic mass is 9.99. The molecule has 1 atom stereocenters. The maximum absolute atomic E-state index is 11.9. The Morgan fingerprint density at radius 3 is 2.82 bits per heavy atom. The Bertz CT molecular complexity index is 270. The fraction of sp³-hybridized carbons (Fsp3) is 0.769. The van der Waals surface area contributed by atoms with Crippen molar-refractivity contribution in [3.05, 3.63) is 12.8 Å². The van der Waals surface area contributed by atoms with Crippen molar-refractivity contribution in [2.75, 3.05) is 19.7 Å². The topological polar surface area (TPSA) is 38.8 Å². The quantitative estimate of drug-likeness (QED) is 0.713. The Kier molecular flexibility index (Phi) is 4.85. The summed E-state index contributed by atoms with van der Waals surface area (Å²) < 4.78 is 10.5. The van der Waals surface area contributed by atoms with E-state index in [4.69, 9.17) is 9.47 Å². The number of hydrogen-bond donors (Lipinski definition) is 0. The van der Waals surface area contributed by atoms with E-state index in [2.05, 4.69) is 6.58 Å². The first-order valence-corrected chi connectivity index (χ1v) is 6.13. The number of carbonyl (C=O) groups is 1. The Hall–Kier alpha value is -1.19. The van der Waals surface area contributed by atoms with E-state index >= 15 is 0 Å². The first-order valence-electron chi connectivity index (χ1n) is 6.13. The summed E-state index contributed by atoms with van der Waals surface area (Å²) >= 11 is 0. The van der Waals surface area contributed by atoms with Gasteiger partial charge in [-0.2, -0.15) is 0 Å². The van der Waals surface area contributed by atoms with E-state index in [0.29, 0.717) is 19.1 Å². The Morgan fingerprint density at radius 1 is 1.53 bits per heavy atom. The molecular weight excluding hydrogens is 218 g/mol. The summed E-state index contributed by atoms with van der Waals surface area (Å²) in [4.78, 5) is 13.6. The van der Waals surface area contributed by atoms with Crippen LogP contribution < -0.4 is 0 Å². The zero-order valence-corrected chi connectivity index (χ0v) is 11.1. The van der Waals surface area contributed by atoms with E-state index in [1.54, 1.807) is 4.90 Å². The van der Waals surface area contributed by atoms with E-state index in [9.17, 15) is 4.79 Å². The number of piperidine rings is 1. The SMILES string of the molecule is C=COC[C@H]1CCCN(C(=O)OC(C)(C)C)C1. The largest absolute Gasteiger partial charge is 0.501 e. The molecule has 0 spiro atoms. The Balaban J connectivity index is 2.43. The number of nitrogens with zero attached hydrogens (tertiary/aromatic N) is 1. The standard InChI is InChI=1S/C13H23NO3/c1-5-16-10-11-7-6-8-14(9-11)12(15)17-13(2,3)4/h5,11H,1,6-10H2,2-4H3/t11-/m0/s1. The second kappa shape index (κ2) is 5.94. The molecule has 1 rings (SSSR count). The summed E-state index contributed by atoms with van der Waals surface area (Å²) in [6, 6.07) is 0. The van der Waals surface area contributed by atoms with Crippen molar-refractivity contribution in [2.24, 2.45) is 5.92 Å². The number of amides is 1. The van der Waals surface area contributed by atoms with Crippen molar-refractivity contribution in [3.63, 3.8) is 0 Å². The van der Waals surface area contributed by atoms with Crippen molar-refractivity contribution in [2.45, 2.75) is 39.2 Å². The van der Waals surface area contributed by atoms with Crippen LogP contribution >= 0.6 is 0 Å². The maximum atomic E-state index is 11.9. The Morgan fingerprint density at radius 2 is 2.24 bits per heavy atom. The predicted octanol–water partition coefficient (Wildman–Crippen LogP) is 2.79. The molecule has 0 aromatic heterocycles. The van der Waals surface area contributed by atoms with E-state index in [1.165, 1.54) is 6.26 Å². The summed E-state index contributed by atoms with van der Waals surface area (Å²) in [6.45, 7) is 11.3. The predicted molar refractivity (Wildman–Crippen MR) is 66.7 cm³/mol. The van der Waals surface area contributed by atoms with E-state index < -0.39 is 5.60 Å². The van der Waals surface area contributed by atoms with Crippen LogP contribution in [0.25, 0.3) is 0 Å². The van der Waals surface area contributed by atoms with Crippen molar-refractivity contribution in [3.8, 4) is 0 Å². The minimum absolute atomic E-state index is 0.221. The zero-order valence-electron chi connectivity index (χ0n) is 11.1. The lowest BCUT2D eigenvalue weighted by Crippen LogP contribution is -2.43. The van der Waals surface area contributed by atoms with Crippen LogP contribution in [0, 0.1) is 5.92 Å². The maximum Gasteiger partial charge on any atom is 0.410 e. The van der Waals surface area contributed by atoms with Crippen LogP contribution in [0.5, 0.6) is 0 Å². The molecule has 0 bridgehead atoms. The molecule has 0 N–H and O–H groups in total. The van der Waals surface area contributed by atoms with Gasteiger partial charge in [-0.05, 0) is 33.6 Å². The summed E-state index contributed by atoms with van der Waals surface area (Å²) in [5.74, 6) is 0.384. The van der Waals surface area contributed by atoms with Gasteiger partial charge in [-0.3, -0.25) is 0 Å². The second-order valence-corrected chi connectivity index (χ2v) is 5.43. The molecule has 0 radical (unpaired) electrons. The molecule has 17 heavy (non-hydrogen) atoms. The van der Waals surface area contributed by atoms with Crippen molar-refractivity contribution < 1.29 is 14.3 Å². The summed E-state index contributed by atoms with van der Waals surface area (Å²) in [6.07, 6.45) is 3.32. The Labute approximate surface area is 104 Å². The van der Waals surface area contributed by atoms with Crippen LogP contribution in [0.2, 0.25) is 0 Å². The first-order chi connectivity index (χ1) is 7.92. The molecule has 1 amide bonds. The molecule has 0 saturated carbocycles. The fourth-order valence-electron chi connectivity index (χ4n) is 1.90. The highest BCUT2D eigenvalue weighted by Gasteiger charge is 2.27. The van der Waals surface area contributed by atoms with Crippen molar-refractivity contribution >= 4 is 6.09 Å². The van der Waals surface area contributed by atoms with Gasteiger partial charge in [0.05, 0.1) is 12.9 Å². The average Bonchev–Trinajstić information content (AvgIpc) is 2.24. The minimum Gasteiger partial charge on any atom is -0.501 e. The summed E-state index contributed by atoms with van der Waals surface area (Å²) in [5.41, 5.74) is -0.429. The molecule has 0 aromatic carbocycles. The van der Waals surface area contributed by atoms with Crippen LogP contribution in [-0.2, 0) is 9.47 Å². The van der Waals surface area contributed by atoms with Gasteiger partial charge in [-0.15, -0.1) is 0 Å². The summed E-state index contributed by atoms with van der Waals surface area (Å²) in [7, 11) is 0. The lowest BCUT2D eigenvalue weighted by molar-refractivity contribution is 0.0125. The minimum atomic E-state index is -0.429. The number of carbonyl (C=O) groups excluding carboxylic acids is 1. The van der Waals surface area contributed by atoms with Crippen molar-refractivity contribution in [1.29, 1.82) is 0 Å². The van der Waals surface area contributed by atoms with E-state index in [0.717, 1.165) is 19.4 Å². The van der Waals surface area contributed by atoms with Gasteiger partial charge in [0.25, 0.3) is 0 Å². The van der Waals surface area contributed by atoms with Gasteiger partial charge in [0.15, 0.2) is 0 Å². The van der Waals surface area contributed by atoms with Gasteiger partial charge < -0.3 is 14.4 Å². The highest BCUT2D eigenvalue weighted by atomic mass is 16.6. The first kappa shape index (κ1) is 13.9. The smallest absolute Gasteiger partial charge is 0.410 e. The van der Waals surface area contributed by atoms with Gasteiger partial charge in [-0.25, -0.2) is 4.79 Å². The highest BCUT2D eigenvalue weighted by molar-refractivity contribution is 5.68. The molecule has 4 nitrogen and oxygen atoms in total. The molecule has 0 aromatic rings. The highest BCUT2D eigenvalue weighted by Crippen LogP contribution is 2.19. The third kappa shape index (κ3) is 5.11. The van der Waals surface area contributed by atoms with Crippen LogP contribution in [0.15, 0.2) is 12.8 Å². The molecule has 1 aliphatic rings. The molecule has 1 aliphatic heterocycles. The third-order valence-corrected chi connectivity index (χ3v) is 2.62. The molecule has 1 fully saturated rings. The molecular formula is C13H23NO3. The van der Waals surface area contributed by atoms with Gasteiger partial charge in [0.1, 0.15) is 5.60 Å². The normalized spacial score (nSPS) is 20.9. The molecule has 98 valence electrons. The van der Waals surface area contributed by atoms with Crippen LogP contribution in [0.4, 0.5) is 4.79 Å².